The van der Waals surface area contributed by atoms with Gasteiger partial charge in [-0.15, -0.1) is 0 Å². The highest BCUT2D eigenvalue weighted by molar-refractivity contribution is 6.32. The smallest absolute Gasteiger partial charge is 0.259 e. The van der Waals surface area contributed by atoms with E-state index < -0.39 is 0 Å². The first kappa shape index (κ1) is 15.2. The molecule has 0 saturated carbocycles. The van der Waals surface area contributed by atoms with E-state index in [1.807, 2.05) is 25.1 Å². The summed E-state index contributed by atoms with van der Waals surface area (Å²) in [6.45, 7) is 1.96. The molecule has 1 N–H and O–H groups in total. The molecule has 0 unspecified atom stereocenters. The van der Waals surface area contributed by atoms with Gasteiger partial charge in [0.2, 0.25) is 0 Å². The van der Waals surface area contributed by atoms with Crippen molar-refractivity contribution in [3.63, 3.8) is 0 Å². The fourth-order valence-electron chi connectivity index (χ4n) is 2.25. The number of nitrogens with one attached hydrogen (secondary N) is 1. The van der Waals surface area contributed by atoms with Crippen molar-refractivity contribution < 1.29 is 4.79 Å². The van der Waals surface area contributed by atoms with E-state index in [0.717, 1.165) is 5.69 Å². The molecule has 0 saturated heterocycles. The molecule has 23 heavy (non-hydrogen) atoms. The highest BCUT2D eigenvalue weighted by atomic mass is 35.5. The van der Waals surface area contributed by atoms with Crippen LogP contribution >= 0.6 is 11.6 Å². The molecular weight excluding hydrogens is 314 g/mol. The van der Waals surface area contributed by atoms with Gasteiger partial charge in [-0.1, -0.05) is 24.6 Å². The topological polar surface area (TPSA) is 72.7 Å². The fourth-order valence-corrected chi connectivity index (χ4v) is 2.42. The number of hydrogen-bond acceptors (Lipinski definition) is 4. The van der Waals surface area contributed by atoms with E-state index in [4.69, 9.17) is 11.6 Å². The Balaban J connectivity index is 1.93. The second kappa shape index (κ2) is 6.58. The molecule has 0 spiro atoms. The number of aromatic nitrogens is 4. The number of nitrogens with zero attached hydrogens (tertiary/aromatic N) is 4. The zero-order valence-electron chi connectivity index (χ0n) is 12.4. The lowest BCUT2D eigenvalue weighted by Gasteiger charge is -2.08. The van der Waals surface area contributed by atoms with Crippen LogP contribution in [0.2, 0.25) is 5.15 Å². The van der Waals surface area contributed by atoms with Crippen molar-refractivity contribution in [2.24, 2.45) is 0 Å². The number of anilines is 1. The van der Waals surface area contributed by atoms with Crippen LogP contribution in [0.4, 0.5) is 5.69 Å². The third-order valence-electron chi connectivity index (χ3n) is 3.32. The number of hydrogen-bond donors (Lipinski definition) is 1. The summed E-state index contributed by atoms with van der Waals surface area (Å²) in [5.41, 5.74) is 1.73. The molecule has 0 aliphatic heterocycles. The molecule has 6 nitrogen and oxygen atoms in total. The first-order valence-electron chi connectivity index (χ1n) is 7.11. The molecule has 0 atom stereocenters. The zero-order chi connectivity index (χ0) is 16.2. The summed E-state index contributed by atoms with van der Waals surface area (Å²) in [6, 6.07) is 8.95. The maximum absolute atomic E-state index is 12.5. The van der Waals surface area contributed by atoms with Gasteiger partial charge < -0.3 is 5.32 Å². The average molecular weight is 328 g/mol. The molecule has 0 aromatic carbocycles. The van der Waals surface area contributed by atoms with Crippen LogP contribution in [0, 0.1) is 0 Å². The summed E-state index contributed by atoms with van der Waals surface area (Å²) in [5, 5.41) is 7.29. The van der Waals surface area contributed by atoms with E-state index in [0.29, 0.717) is 23.5 Å². The molecule has 0 fully saturated rings. The van der Waals surface area contributed by atoms with Gasteiger partial charge in [0.1, 0.15) is 0 Å². The van der Waals surface area contributed by atoms with Crippen LogP contribution in [0.1, 0.15) is 23.0 Å². The molecule has 7 heteroatoms. The summed E-state index contributed by atoms with van der Waals surface area (Å²) in [6.07, 6.45) is 5.42. The summed E-state index contributed by atoms with van der Waals surface area (Å²) in [5.74, 6) is 0.391. The Kier molecular flexibility index (Phi) is 4.34. The lowest BCUT2D eigenvalue weighted by atomic mass is 10.2. The van der Waals surface area contributed by atoms with E-state index >= 15 is 0 Å². The van der Waals surface area contributed by atoms with Crippen LogP contribution in [-0.2, 0) is 6.42 Å². The Morgan fingerprint density at radius 2 is 2.04 bits per heavy atom. The second-order valence-corrected chi connectivity index (χ2v) is 5.11. The summed E-state index contributed by atoms with van der Waals surface area (Å²) >= 11 is 5.97. The molecule has 1 amide bonds. The van der Waals surface area contributed by atoms with Gasteiger partial charge in [-0.2, -0.15) is 5.10 Å². The first-order chi connectivity index (χ1) is 11.2. The predicted octanol–water partition coefficient (Wildman–Crippen LogP) is 3.13. The Hall–Kier alpha value is -2.73. The lowest BCUT2D eigenvalue weighted by molar-refractivity contribution is 0.102. The van der Waals surface area contributed by atoms with E-state index in [1.54, 1.807) is 29.2 Å². The minimum atomic E-state index is -0.279. The number of amides is 1. The second-order valence-electron chi connectivity index (χ2n) is 4.75. The van der Waals surface area contributed by atoms with Crippen LogP contribution in [0.15, 0.2) is 48.9 Å². The first-order valence-corrected chi connectivity index (χ1v) is 7.48. The quantitative estimate of drug-likeness (QED) is 0.747. The van der Waals surface area contributed by atoms with Crippen molar-refractivity contribution in [3.05, 3.63) is 65.3 Å². The predicted molar refractivity (Wildman–Crippen MR) is 87.9 cm³/mol. The van der Waals surface area contributed by atoms with E-state index in [9.17, 15) is 4.79 Å². The molecule has 0 aliphatic carbocycles. The van der Waals surface area contributed by atoms with Crippen LogP contribution in [0.25, 0.3) is 5.82 Å². The molecule has 3 heterocycles. The number of rotatable bonds is 4. The summed E-state index contributed by atoms with van der Waals surface area (Å²) < 4.78 is 1.67. The van der Waals surface area contributed by atoms with Gasteiger partial charge in [-0.25, -0.2) is 14.6 Å². The minimum absolute atomic E-state index is 0.246. The number of carbonyl (C=O) groups is 1. The fraction of sp³-hybridized carbons (Fsp3) is 0.125. The molecule has 0 aliphatic rings. The van der Waals surface area contributed by atoms with Crippen molar-refractivity contribution >= 4 is 23.2 Å². The van der Waals surface area contributed by atoms with Gasteiger partial charge in [0.25, 0.3) is 5.91 Å². The normalized spacial score (nSPS) is 10.5. The maximum Gasteiger partial charge on any atom is 0.259 e. The van der Waals surface area contributed by atoms with Gasteiger partial charge >= 0.3 is 0 Å². The standard InChI is InChI=1S/C16H14ClN5O/c1-2-13-11(10-20-22(13)14-7-3-4-8-18-14)16(23)21-12-6-5-9-19-15(12)17/h3-10H,2H2,1H3,(H,21,23). The average Bonchev–Trinajstić information content (AvgIpc) is 3.02. The number of pyridine rings is 2. The summed E-state index contributed by atoms with van der Waals surface area (Å²) in [7, 11) is 0. The minimum Gasteiger partial charge on any atom is -0.319 e. The van der Waals surface area contributed by atoms with Crippen LogP contribution < -0.4 is 5.32 Å². The molecule has 3 aromatic heterocycles. The zero-order valence-corrected chi connectivity index (χ0v) is 13.2. The Morgan fingerprint density at radius 3 is 2.74 bits per heavy atom. The molecular formula is C16H14ClN5O. The van der Waals surface area contributed by atoms with Crippen molar-refractivity contribution in [1.82, 2.24) is 19.7 Å². The van der Waals surface area contributed by atoms with Crippen LogP contribution in [-0.4, -0.2) is 25.7 Å². The molecule has 116 valence electrons. The van der Waals surface area contributed by atoms with Gasteiger partial charge in [0, 0.05) is 12.4 Å². The van der Waals surface area contributed by atoms with Gasteiger partial charge in [-0.05, 0) is 30.7 Å². The molecule has 0 bridgehead atoms. The Morgan fingerprint density at radius 1 is 1.22 bits per heavy atom. The third kappa shape index (κ3) is 3.07. The monoisotopic (exact) mass is 327 g/mol. The lowest BCUT2D eigenvalue weighted by Crippen LogP contribution is -2.15. The SMILES string of the molecule is CCc1c(C(=O)Nc2cccnc2Cl)cnn1-c1ccccn1. The maximum atomic E-state index is 12.5. The number of carbonyl (C=O) groups excluding carboxylic acids is 1. The van der Waals surface area contributed by atoms with Crippen molar-refractivity contribution in [1.29, 1.82) is 0 Å². The van der Waals surface area contributed by atoms with Crippen molar-refractivity contribution in [2.75, 3.05) is 5.32 Å². The van der Waals surface area contributed by atoms with Crippen molar-refractivity contribution in [3.8, 4) is 5.82 Å². The van der Waals surface area contributed by atoms with E-state index in [-0.39, 0.29) is 11.1 Å². The molecule has 0 radical (unpaired) electrons. The van der Waals surface area contributed by atoms with Gasteiger partial charge in [0.05, 0.1) is 23.1 Å². The Bertz CT molecular complexity index is 831. The van der Waals surface area contributed by atoms with Gasteiger partial charge in [-0.3, -0.25) is 4.79 Å². The third-order valence-corrected chi connectivity index (χ3v) is 3.62. The highest BCUT2D eigenvalue weighted by Crippen LogP contribution is 2.20. The largest absolute Gasteiger partial charge is 0.319 e. The van der Waals surface area contributed by atoms with E-state index in [1.165, 1.54) is 6.20 Å². The molecule has 3 rings (SSSR count). The number of halogens is 1. The highest BCUT2D eigenvalue weighted by Gasteiger charge is 2.18. The van der Waals surface area contributed by atoms with Crippen LogP contribution in [0.3, 0.4) is 0 Å². The molecule has 3 aromatic rings. The summed E-state index contributed by atoms with van der Waals surface area (Å²) in [4.78, 5) is 20.7. The van der Waals surface area contributed by atoms with Gasteiger partial charge in [0.15, 0.2) is 11.0 Å². The van der Waals surface area contributed by atoms with Crippen molar-refractivity contribution in [2.45, 2.75) is 13.3 Å². The van der Waals surface area contributed by atoms with Crippen LogP contribution in [0.5, 0.6) is 0 Å². The Labute approximate surface area is 138 Å². The van der Waals surface area contributed by atoms with E-state index in [2.05, 4.69) is 20.4 Å².